The number of ketones is 1. The molecular formula is C12H11F2NO3S. The number of hydrogen-bond acceptors (Lipinski definition) is 4. The second-order valence-corrected chi connectivity index (χ2v) is 6.15. The molecule has 1 aromatic carbocycles. The minimum Gasteiger partial charge on any atom is -0.292 e. The molecule has 1 aromatic rings. The Morgan fingerprint density at radius 1 is 1.47 bits per heavy atom. The Hall–Kier alpha value is -1.50. The molecule has 0 aromatic heterocycles. The standard InChI is InChI=1S/C12H11F2NO3S/c1-12(3-2-4-19-12)11(16)8-5-7(13)6-9(10(8)14)15(17)18/h5-6H,2-4H2,1H3. The summed E-state index contributed by atoms with van der Waals surface area (Å²) < 4.78 is 26.4. The number of nitro groups is 1. The lowest BCUT2D eigenvalue weighted by Crippen LogP contribution is -2.29. The Morgan fingerprint density at radius 3 is 2.68 bits per heavy atom. The molecule has 4 nitrogen and oxygen atoms in total. The van der Waals surface area contributed by atoms with Gasteiger partial charge in [0, 0.05) is 0 Å². The SMILES string of the molecule is CC1(C(=O)c2cc(F)cc([N+](=O)[O-])c2F)CCCS1. The Morgan fingerprint density at radius 2 is 2.16 bits per heavy atom. The average molecular weight is 287 g/mol. The van der Waals surface area contributed by atoms with Crippen LogP contribution in [0.3, 0.4) is 0 Å². The van der Waals surface area contributed by atoms with E-state index in [1.54, 1.807) is 6.92 Å². The van der Waals surface area contributed by atoms with E-state index >= 15 is 0 Å². The van der Waals surface area contributed by atoms with E-state index in [9.17, 15) is 23.7 Å². The van der Waals surface area contributed by atoms with Crippen molar-refractivity contribution in [1.29, 1.82) is 0 Å². The van der Waals surface area contributed by atoms with Gasteiger partial charge in [-0.1, -0.05) is 0 Å². The van der Waals surface area contributed by atoms with Crippen molar-refractivity contribution < 1.29 is 18.5 Å². The van der Waals surface area contributed by atoms with Crippen LogP contribution in [0.2, 0.25) is 0 Å². The summed E-state index contributed by atoms with van der Waals surface area (Å²) in [4.78, 5) is 21.9. The largest absolute Gasteiger partial charge is 0.308 e. The minimum atomic E-state index is -1.26. The van der Waals surface area contributed by atoms with E-state index in [1.165, 1.54) is 11.8 Å². The van der Waals surface area contributed by atoms with Gasteiger partial charge in [-0.3, -0.25) is 14.9 Å². The van der Waals surface area contributed by atoms with Crippen LogP contribution < -0.4 is 0 Å². The maximum absolute atomic E-state index is 13.9. The van der Waals surface area contributed by atoms with E-state index in [4.69, 9.17) is 0 Å². The van der Waals surface area contributed by atoms with Crippen molar-refractivity contribution in [1.82, 2.24) is 0 Å². The highest BCUT2D eigenvalue weighted by atomic mass is 32.2. The molecule has 0 amide bonds. The molecule has 1 saturated heterocycles. The third kappa shape index (κ3) is 2.47. The maximum Gasteiger partial charge on any atom is 0.308 e. The molecule has 1 unspecified atom stereocenters. The molecule has 1 aliphatic heterocycles. The van der Waals surface area contributed by atoms with Crippen LogP contribution in [0.4, 0.5) is 14.5 Å². The van der Waals surface area contributed by atoms with Crippen molar-refractivity contribution in [2.75, 3.05) is 5.75 Å². The smallest absolute Gasteiger partial charge is 0.292 e. The monoisotopic (exact) mass is 287 g/mol. The highest BCUT2D eigenvalue weighted by molar-refractivity contribution is 8.01. The number of Topliss-reactive ketones (excluding diaryl/α,β-unsaturated/α-hetero) is 1. The lowest BCUT2D eigenvalue weighted by atomic mass is 9.94. The normalized spacial score (nSPS) is 22.5. The quantitative estimate of drug-likeness (QED) is 0.486. The van der Waals surface area contributed by atoms with Gasteiger partial charge in [0.2, 0.25) is 5.82 Å². The Labute approximate surface area is 112 Å². The van der Waals surface area contributed by atoms with E-state index in [0.717, 1.165) is 18.2 Å². The second kappa shape index (κ2) is 4.88. The number of nitro benzene ring substituents is 1. The van der Waals surface area contributed by atoms with Crippen LogP contribution in [0.5, 0.6) is 0 Å². The van der Waals surface area contributed by atoms with Gasteiger partial charge in [-0.25, -0.2) is 4.39 Å². The Kier molecular flexibility index (Phi) is 3.58. The molecule has 0 N–H and O–H groups in total. The summed E-state index contributed by atoms with van der Waals surface area (Å²) in [7, 11) is 0. The minimum absolute atomic E-state index is 0.482. The number of hydrogen-bond donors (Lipinski definition) is 0. The zero-order valence-corrected chi connectivity index (χ0v) is 10.9. The number of halogens is 2. The fourth-order valence-corrected chi connectivity index (χ4v) is 3.38. The summed E-state index contributed by atoms with van der Waals surface area (Å²) in [5.74, 6) is -2.07. The molecule has 7 heteroatoms. The molecule has 1 fully saturated rings. The number of carbonyl (C=O) groups is 1. The van der Waals surface area contributed by atoms with Crippen molar-refractivity contribution in [3.63, 3.8) is 0 Å². The van der Waals surface area contributed by atoms with Gasteiger partial charge < -0.3 is 0 Å². The first-order valence-electron chi connectivity index (χ1n) is 5.67. The van der Waals surface area contributed by atoms with Crippen molar-refractivity contribution in [2.45, 2.75) is 24.5 Å². The maximum atomic E-state index is 13.9. The van der Waals surface area contributed by atoms with Crippen LogP contribution in [0, 0.1) is 21.7 Å². The number of benzene rings is 1. The highest BCUT2D eigenvalue weighted by Gasteiger charge is 2.40. The summed E-state index contributed by atoms with van der Waals surface area (Å²) in [6.07, 6.45) is 1.37. The number of carbonyl (C=O) groups excluding carboxylic acids is 1. The Balaban J connectivity index is 2.50. The third-order valence-electron chi connectivity index (χ3n) is 3.16. The Bertz CT molecular complexity index is 556. The van der Waals surface area contributed by atoms with Gasteiger partial charge in [-0.05, 0) is 31.6 Å². The molecule has 19 heavy (non-hydrogen) atoms. The number of rotatable bonds is 3. The van der Waals surface area contributed by atoms with Gasteiger partial charge in [0.05, 0.1) is 21.3 Å². The summed E-state index contributed by atoms with van der Waals surface area (Å²) in [5, 5.41) is 10.6. The molecule has 0 spiro atoms. The van der Waals surface area contributed by atoms with Crippen LogP contribution in [0.15, 0.2) is 12.1 Å². The number of nitrogens with zero attached hydrogens (tertiary/aromatic N) is 1. The molecule has 0 aliphatic carbocycles. The third-order valence-corrected chi connectivity index (χ3v) is 4.68. The van der Waals surface area contributed by atoms with Crippen LogP contribution >= 0.6 is 11.8 Å². The fraction of sp³-hybridized carbons (Fsp3) is 0.417. The zero-order valence-electron chi connectivity index (χ0n) is 10.1. The molecule has 1 atom stereocenters. The van der Waals surface area contributed by atoms with Crippen LogP contribution in [0.25, 0.3) is 0 Å². The first-order valence-corrected chi connectivity index (χ1v) is 6.66. The average Bonchev–Trinajstić information content (AvgIpc) is 2.79. The van der Waals surface area contributed by atoms with Gasteiger partial charge in [-0.2, -0.15) is 4.39 Å². The lowest BCUT2D eigenvalue weighted by Gasteiger charge is -2.21. The van der Waals surface area contributed by atoms with E-state index in [2.05, 4.69) is 0 Å². The van der Waals surface area contributed by atoms with Crippen molar-refractivity contribution in [3.8, 4) is 0 Å². The molecular weight excluding hydrogens is 276 g/mol. The van der Waals surface area contributed by atoms with Gasteiger partial charge >= 0.3 is 5.69 Å². The molecule has 1 aliphatic rings. The molecule has 0 radical (unpaired) electrons. The summed E-state index contributed by atoms with van der Waals surface area (Å²) >= 11 is 1.37. The predicted molar refractivity (Wildman–Crippen MR) is 67.4 cm³/mol. The van der Waals surface area contributed by atoms with Crippen molar-refractivity contribution in [2.24, 2.45) is 0 Å². The van der Waals surface area contributed by atoms with Gasteiger partial charge in [0.1, 0.15) is 5.82 Å². The molecule has 2 rings (SSSR count). The van der Waals surface area contributed by atoms with Gasteiger partial charge in [0.15, 0.2) is 5.78 Å². The van der Waals surface area contributed by atoms with Crippen molar-refractivity contribution in [3.05, 3.63) is 39.4 Å². The van der Waals surface area contributed by atoms with E-state index < -0.39 is 38.3 Å². The molecule has 1 heterocycles. The van der Waals surface area contributed by atoms with Gasteiger partial charge in [-0.15, -0.1) is 11.8 Å². The van der Waals surface area contributed by atoms with E-state index in [-0.39, 0.29) is 0 Å². The fourth-order valence-electron chi connectivity index (χ4n) is 2.12. The number of thioether (sulfide) groups is 1. The summed E-state index contributed by atoms with van der Waals surface area (Å²) in [5.41, 5.74) is -1.54. The molecule has 102 valence electrons. The first-order chi connectivity index (χ1) is 8.85. The molecule has 0 saturated carbocycles. The predicted octanol–water partition coefficient (Wildman–Crippen LogP) is 3.34. The lowest BCUT2D eigenvalue weighted by molar-refractivity contribution is -0.387. The topological polar surface area (TPSA) is 60.2 Å². The summed E-state index contributed by atoms with van der Waals surface area (Å²) in [6, 6.07) is 1.21. The highest BCUT2D eigenvalue weighted by Crippen LogP contribution is 2.41. The van der Waals surface area contributed by atoms with Crippen molar-refractivity contribution >= 4 is 23.2 Å². The van der Waals surface area contributed by atoms with Crippen LogP contribution in [0.1, 0.15) is 30.1 Å². The van der Waals surface area contributed by atoms with E-state index in [0.29, 0.717) is 12.5 Å². The first kappa shape index (κ1) is 13.9. The molecule has 0 bridgehead atoms. The summed E-state index contributed by atoms with van der Waals surface area (Å²) in [6.45, 7) is 1.66. The van der Waals surface area contributed by atoms with Crippen LogP contribution in [-0.2, 0) is 0 Å². The van der Waals surface area contributed by atoms with E-state index in [1.807, 2.05) is 0 Å². The van der Waals surface area contributed by atoms with Crippen LogP contribution in [-0.4, -0.2) is 21.2 Å². The zero-order chi connectivity index (χ0) is 14.2. The van der Waals surface area contributed by atoms with Gasteiger partial charge in [0.25, 0.3) is 0 Å². The second-order valence-electron chi connectivity index (χ2n) is 4.56.